The Balaban J connectivity index is 2.96. The molecule has 1 heterocycles. The molecule has 104 valence electrons. The van der Waals surface area contributed by atoms with Crippen molar-refractivity contribution in [1.29, 1.82) is 0 Å². The second-order valence-electron chi connectivity index (χ2n) is 4.91. The van der Waals surface area contributed by atoms with Crippen LogP contribution in [0.4, 0.5) is 5.82 Å². The zero-order valence-electron chi connectivity index (χ0n) is 11.3. The fraction of sp³-hybridized carbons (Fsp3) is 0.462. The van der Waals surface area contributed by atoms with Crippen molar-refractivity contribution in [1.82, 2.24) is 4.98 Å². The summed E-state index contributed by atoms with van der Waals surface area (Å²) in [6, 6.07) is 2.28. The van der Waals surface area contributed by atoms with Gasteiger partial charge in [-0.1, -0.05) is 13.8 Å². The molecule has 0 saturated heterocycles. The number of pyridine rings is 1. The number of anilines is 1. The van der Waals surface area contributed by atoms with Gasteiger partial charge in [0.05, 0.1) is 0 Å². The molecule has 1 aromatic rings. The summed E-state index contributed by atoms with van der Waals surface area (Å²) < 4.78 is 0. The number of aliphatic carboxylic acids is 1. The Labute approximate surface area is 112 Å². The highest BCUT2D eigenvalue weighted by molar-refractivity contribution is 5.93. The zero-order chi connectivity index (χ0) is 14.6. The number of hydrogen-bond donors (Lipinski definition) is 3. The van der Waals surface area contributed by atoms with Crippen molar-refractivity contribution >= 4 is 17.7 Å². The average Bonchev–Trinajstić information content (AvgIpc) is 2.26. The molecular weight excluding hydrogens is 246 g/mol. The summed E-state index contributed by atoms with van der Waals surface area (Å²) >= 11 is 0. The van der Waals surface area contributed by atoms with Gasteiger partial charge in [-0.25, -0.2) is 9.78 Å². The number of aromatic nitrogens is 1. The van der Waals surface area contributed by atoms with Crippen LogP contribution in [0.3, 0.4) is 0 Å². The Morgan fingerprint density at radius 3 is 2.53 bits per heavy atom. The second kappa shape index (κ2) is 6.17. The van der Waals surface area contributed by atoms with Crippen LogP contribution in [0.5, 0.6) is 0 Å². The van der Waals surface area contributed by atoms with Crippen LogP contribution in [0.2, 0.25) is 0 Å². The molecule has 19 heavy (non-hydrogen) atoms. The topological polar surface area (TPSA) is 105 Å². The Hall–Kier alpha value is -2.11. The first-order valence-electron chi connectivity index (χ1n) is 6.07. The number of nitrogens with zero attached hydrogens (tertiary/aromatic N) is 1. The number of hydrogen-bond acceptors (Lipinski definition) is 4. The quantitative estimate of drug-likeness (QED) is 0.721. The van der Waals surface area contributed by atoms with Crippen molar-refractivity contribution in [3.8, 4) is 0 Å². The third kappa shape index (κ3) is 4.57. The Kier molecular flexibility index (Phi) is 4.86. The highest BCUT2D eigenvalue weighted by Gasteiger charge is 2.19. The van der Waals surface area contributed by atoms with Crippen molar-refractivity contribution < 1.29 is 14.7 Å². The number of nitrogens with two attached hydrogens (primary N) is 1. The highest BCUT2D eigenvalue weighted by atomic mass is 16.4. The summed E-state index contributed by atoms with van der Waals surface area (Å²) in [5.41, 5.74) is 6.13. The highest BCUT2D eigenvalue weighted by Crippen LogP contribution is 2.14. The van der Waals surface area contributed by atoms with Crippen molar-refractivity contribution in [2.24, 2.45) is 11.7 Å². The molecule has 0 aliphatic heterocycles. The molecule has 1 amide bonds. The third-order valence-electron chi connectivity index (χ3n) is 2.57. The number of carboxylic acid groups (broad SMARTS) is 1. The predicted molar refractivity (Wildman–Crippen MR) is 72.0 cm³/mol. The minimum Gasteiger partial charge on any atom is -0.480 e. The normalized spacial score (nSPS) is 12.2. The van der Waals surface area contributed by atoms with E-state index in [9.17, 15) is 9.59 Å². The van der Waals surface area contributed by atoms with Gasteiger partial charge in [-0.05, 0) is 31.4 Å². The van der Waals surface area contributed by atoms with Gasteiger partial charge in [0.25, 0.3) is 0 Å². The standard InChI is InChI=1S/C13H19N3O3/c1-7(2)4-10(13(18)19)16-11-6-9(12(14)17)5-8(3)15-11/h5-7,10H,4H2,1-3H3,(H2,14,17)(H,15,16)(H,18,19). The number of carbonyl (C=O) groups is 2. The van der Waals surface area contributed by atoms with Crippen LogP contribution in [0.1, 0.15) is 36.3 Å². The molecule has 0 aliphatic carbocycles. The molecule has 0 saturated carbocycles. The zero-order valence-corrected chi connectivity index (χ0v) is 11.3. The fourth-order valence-corrected chi connectivity index (χ4v) is 1.76. The van der Waals surface area contributed by atoms with E-state index in [4.69, 9.17) is 10.8 Å². The van der Waals surface area contributed by atoms with Gasteiger partial charge in [0.1, 0.15) is 11.9 Å². The lowest BCUT2D eigenvalue weighted by atomic mass is 10.0. The van der Waals surface area contributed by atoms with Crippen LogP contribution in [0.25, 0.3) is 0 Å². The van der Waals surface area contributed by atoms with Gasteiger partial charge in [0.15, 0.2) is 0 Å². The first-order valence-corrected chi connectivity index (χ1v) is 6.07. The van der Waals surface area contributed by atoms with Crippen molar-refractivity contribution in [2.45, 2.75) is 33.2 Å². The molecule has 0 spiro atoms. The Bertz CT molecular complexity index is 486. The number of nitrogens with one attached hydrogen (secondary N) is 1. The van der Waals surface area contributed by atoms with Crippen LogP contribution in [-0.2, 0) is 4.79 Å². The van der Waals surface area contributed by atoms with E-state index >= 15 is 0 Å². The second-order valence-corrected chi connectivity index (χ2v) is 4.91. The molecule has 1 aromatic heterocycles. The molecule has 0 aromatic carbocycles. The lowest BCUT2D eigenvalue weighted by Crippen LogP contribution is -2.31. The fourth-order valence-electron chi connectivity index (χ4n) is 1.76. The van der Waals surface area contributed by atoms with E-state index in [1.165, 1.54) is 6.07 Å². The monoisotopic (exact) mass is 265 g/mol. The number of primary amides is 1. The molecule has 1 atom stereocenters. The van der Waals surface area contributed by atoms with Gasteiger partial charge in [-0.3, -0.25) is 4.79 Å². The number of carboxylic acids is 1. The van der Waals surface area contributed by atoms with Crippen molar-refractivity contribution in [2.75, 3.05) is 5.32 Å². The van der Waals surface area contributed by atoms with Crippen molar-refractivity contribution in [3.05, 3.63) is 23.4 Å². The summed E-state index contributed by atoms with van der Waals surface area (Å²) in [5.74, 6) is -0.933. The lowest BCUT2D eigenvalue weighted by Gasteiger charge is -2.17. The van der Waals surface area contributed by atoms with E-state index in [2.05, 4.69) is 10.3 Å². The summed E-state index contributed by atoms with van der Waals surface area (Å²) in [6.45, 7) is 5.60. The molecule has 1 unspecified atom stereocenters. The van der Waals surface area contributed by atoms with Crippen LogP contribution in [-0.4, -0.2) is 28.0 Å². The van der Waals surface area contributed by atoms with Gasteiger partial charge in [0, 0.05) is 11.3 Å². The maximum absolute atomic E-state index is 11.2. The molecule has 6 heteroatoms. The Morgan fingerprint density at radius 1 is 1.42 bits per heavy atom. The summed E-state index contributed by atoms with van der Waals surface area (Å²) in [6.07, 6.45) is 0.469. The number of carbonyl (C=O) groups excluding carboxylic acids is 1. The van der Waals surface area contributed by atoms with Gasteiger partial charge in [0.2, 0.25) is 5.91 Å². The first kappa shape index (κ1) is 14.9. The molecule has 0 aliphatic rings. The third-order valence-corrected chi connectivity index (χ3v) is 2.57. The van der Waals surface area contributed by atoms with Crippen LogP contribution >= 0.6 is 0 Å². The molecular formula is C13H19N3O3. The predicted octanol–water partition coefficient (Wildman–Crippen LogP) is 1.40. The molecule has 6 nitrogen and oxygen atoms in total. The SMILES string of the molecule is Cc1cc(C(N)=O)cc(NC(CC(C)C)C(=O)O)n1. The van der Waals surface area contributed by atoms with E-state index < -0.39 is 17.9 Å². The minimum atomic E-state index is -0.947. The maximum Gasteiger partial charge on any atom is 0.326 e. The van der Waals surface area contributed by atoms with Gasteiger partial charge in [-0.15, -0.1) is 0 Å². The van der Waals surface area contributed by atoms with Gasteiger partial charge < -0.3 is 16.2 Å². The lowest BCUT2D eigenvalue weighted by molar-refractivity contribution is -0.138. The van der Waals surface area contributed by atoms with E-state index in [1.54, 1.807) is 13.0 Å². The first-order chi connectivity index (χ1) is 8.79. The van der Waals surface area contributed by atoms with E-state index in [0.717, 1.165) is 0 Å². The molecule has 0 bridgehead atoms. The van der Waals surface area contributed by atoms with Crippen LogP contribution in [0.15, 0.2) is 12.1 Å². The van der Waals surface area contributed by atoms with Crippen LogP contribution < -0.4 is 11.1 Å². The van der Waals surface area contributed by atoms with Gasteiger partial charge >= 0.3 is 5.97 Å². The summed E-state index contributed by atoms with van der Waals surface area (Å²) in [5, 5.41) is 12.0. The number of aryl methyl sites for hydroxylation is 1. The van der Waals surface area contributed by atoms with Gasteiger partial charge in [-0.2, -0.15) is 0 Å². The van der Waals surface area contributed by atoms with Crippen molar-refractivity contribution in [3.63, 3.8) is 0 Å². The molecule has 0 fully saturated rings. The Morgan fingerprint density at radius 2 is 2.05 bits per heavy atom. The smallest absolute Gasteiger partial charge is 0.326 e. The average molecular weight is 265 g/mol. The molecule has 1 rings (SSSR count). The number of amides is 1. The summed E-state index contributed by atoms with van der Waals surface area (Å²) in [4.78, 5) is 26.5. The van der Waals surface area contributed by atoms with E-state index in [1.807, 2.05) is 13.8 Å². The molecule has 4 N–H and O–H groups in total. The maximum atomic E-state index is 11.2. The minimum absolute atomic E-state index is 0.231. The van der Waals surface area contributed by atoms with E-state index in [-0.39, 0.29) is 5.92 Å². The van der Waals surface area contributed by atoms with E-state index in [0.29, 0.717) is 23.5 Å². The number of rotatable bonds is 6. The summed E-state index contributed by atoms with van der Waals surface area (Å²) in [7, 11) is 0. The molecule has 0 radical (unpaired) electrons. The van der Waals surface area contributed by atoms with Crippen LogP contribution in [0, 0.1) is 12.8 Å². The largest absolute Gasteiger partial charge is 0.480 e.